The molecule has 20 heavy (non-hydrogen) atoms. The summed E-state index contributed by atoms with van der Waals surface area (Å²) < 4.78 is 0. The quantitative estimate of drug-likeness (QED) is 0.639. The van der Waals surface area contributed by atoms with Crippen LogP contribution in [0.1, 0.15) is 31.9 Å². The molecule has 4 heteroatoms. The molecule has 0 atom stereocenters. The maximum absolute atomic E-state index is 11.8. The van der Waals surface area contributed by atoms with Gasteiger partial charge in [-0.2, -0.15) is 5.26 Å². The number of aryl methyl sites for hydroxylation is 2. The standard InChI is InChI=1S/C16H21N3O/c1-5-13-8-6-7-12(4)15(13)18-10-14(9-17)16(20)19-11(2)3/h6-8,10-11,18H,5H2,1-4H3,(H,19,20)/b14-10-. The molecule has 1 rings (SSSR count). The van der Waals surface area contributed by atoms with Crippen molar-refractivity contribution in [1.82, 2.24) is 5.32 Å². The van der Waals surface area contributed by atoms with E-state index in [1.807, 2.05) is 45.0 Å². The second-order valence-corrected chi connectivity index (χ2v) is 4.90. The van der Waals surface area contributed by atoms with Crippen molar-refractivity contribution in [3.05, 3.63) is 41.1 Å². The van der Waals surface area contributed by atoms with Gasteiger partial charge in [0.25, 0.3) is 5.91 Å². The number of benzene rings is 1. The van der Waals surface area contributed by atoms with Gasteiger partial charge in [-0.3, -0.25) is 4.79 Å². The number of nitriles is 1. The van der Waals surface area contributed by atoms with Crippen LogP contribution in [0.15, 0.2) is 30.0 Å². The molecule has 0 spiro atoms. The second kappa shape index (κ2) is 7.34. The normalized spacial score (nSPS) is 11.1. The van der Waals surface area contributed by atoms with E-state index in [1.54, 1.807) is 0 Å². The maximum Gasteiger partial charge on any atom is 0.263 e. The topological polar surface area (TPSA) is 64.9 Å². The van der Waals surface area contributed by atoms with E-state index in [9.17, 15) is 4.79 Å². The molecule has 0 heterocycles. The number of nitrogens with one attached hydrogen (secondary N) is 2. The zero-order valence-corrected chi connectivity index (χ0v) is 12.4. The molecule has 0 saturated heterocycles. The van der Waals surface area contributed by atoms with Crippen molar-refractivity contribution in [1.29, 1.82) is 5.26 Å². The summed E-state index contributed by atoms with van der Waals surface area (Å²) in [6.45, 7) is 7.78. The average Bonchev–Trinajstić information content (AvgIpc) is 2.39. The van der Waals surface area contributed by atoms with E-state index >= 15 is 0 Å². The lowest BCUT2D eigenvalue weighted by atomic mass is 10.1. The minimum absolute atomic E-state index is 0.00362. The summed E-state index contributed by atoms with van der Waals surface area (Å²) in [5.74, 6) is -0.360. The minimum Gasteiger partial charge on any atom is -0.360 e. The first-order valence-corrected chi connectivity index (χ1v) is 6.75. The first kappa shape index (κ1) is 15.8. The van der Waals surface area contributed by atoms with Crippen LogP contribution in [0.5, 0.6) is 0 Å². The lowest BCUT2D eigenvalue weighted by molar-refractivity contribution is -0.117. The predicted octanol–water partition coefficient (Wildman–Crippen LogP) is 2.90. The van der Waals surface area contributed by atoms with E-state index in [2.05, 4.69) is 17.6 Å². The van der Waals surface area contributed by atoms with Crippen molar-refractivity contribution >= 4 is 11.6 Å². The lowest BCUT2D eigenvalue weighted by Gasteiger charge is -2.12. The Morgan fingerprint density at radius 3 is 2.70 bits per heavy atom. The van der Waals surface area contributed by atoms with Crippen LogP contribution in [-0.4, -0.2) is 11.9 Å². The Bertz CT molecular complexity index is 553. The molecule has 0 saturated carbocycles. The summed E-state index contributed by atoms with van der Waals surface area (Å²) in [7, 11) is 0. The van der Waals surface area contributed by atoms with Crippen LogP contribution in [0.25, 0.3) is 0 Å². The largest absolute Gasteiger partial charge is 0.360 e. The smallest absolute Gasteiger partial charge is 0.263 e. The molecule has 0 unspecified atom stereocenters. The van der Waals surface area contributed by atoms with Gasteiger partial charge >= 0.3 is 0 Å². The van der Waals surface area contributed by atoms with Crippen LogP contribution < -0.4 is 10.6 Å². The molecule has 0 aliphatic carbocycles. The van der Waals surface area contributed by atoms with Crippen molar-refractivity contribution in [2.75, 3.05) is 5.32 Å². The van der Waals surface area contributed by atoms with Gasteiger partial charge in [0, 0.05) is 17.9 Å². The summed E-state index contributed by atoms with van der Waals surface area (Å²) in [4.78, 5) is 11.8. The van der Waals surface area contributed by atoms with Gasteiger partial charge in [-0.25, -0.2) is 0 Å². The highest BCUT2D eigenvalue weighted by Crippen LogP contribution is 2.21. The summed E-state index contributed by atoms with van der Waals surface area (Å²) in [6.07, 6.45) is 2.36. The van der Waals surface area contributed by atoms with Crippen LogP contribution in [0.2, 0.25) is 0 Å². The van der Waals surface area contributed by atoms with Crippen LogP contribution >= 0.6 is 0 Å². The molecule has 4 nitrogen and oxygen atoms in total. The van der Waals surface area contributed by atoms with E-state index < -0.39 is 0 Å². The van der Waals surface area contributed by atoms with Crippen molar-refractivity contribution in [2.24, 2.45) is 0 Å². The van der Waals surface area contributed by atoms with Gasteiger partial charge in [0.05, 0.1) is 0 Å². The van der Waals surface area contributed by atoms with E-state index in [0.29, 0.717) is 0 Å². The number of nitrogens with zero attached hydrogens (tertiary/aromatic N) is 1. The zero-order valence-electron chi connectivity index (χ0n) is 12.4. The van der Waals surface area contributed by atoms with Gasteiger partial charge < -0.3 is 10.6 Å². The molecule has 0 fully saturated rings. The molecule has 0 bridgehead atoms. The second-order valence-electron chi connectivity index (χ2n) is 4.90. The van der Waals surface area contributed by atoms with Crippen molar-refractivity contribution in [3.8, 4) is 6.07 Å². The van der Waals surface area contributed by atoms with Gasteiger partial charge in [-0.1, -0.05) is 25.1 Å². The number of carbonyl (C=O) groups excluding carboxylic acids is 1. The molecule has 2 N–H and O–H groups in total. The fourth-order valence-electron chi connectivity index (χ4n) is 1.86. The number of anilines is 1. The highest BCUT2D eigenvalue weighted by molar-refractivity contribution is 5.97. The monoisotopic (exact) mass is 271 g/mol. The molecule has 1 amide bonds. The lowest BCUT2D eigenvalue weighted by Crippen LogP contribution is -2.31. The van der Waals surface area contributed by atoms with Crippen LogP contribution in [0, 0.1) is 18.3 Å². The third-order valence-corrected chi connectivity index (χ3v) is 2.89. The molecule has 0 aliphatic heterocycles. The highest BCUT2D eigenvalue weighted by Gasteiger charge is 2.10. The van der Waals surface area contributed by atoms with Crippen molar-refractivity contribution < 1.29 is 4.79 Å². The Hall–Kier alpha value is -2.28. The summed E-state index contributed by atoms with van der Waals surface area (Å²) in [6, 6.07) is 7.95. The number of hydrogen-bond acceptors (Lipinski definition) is 3. The van der Waals surface area contributed by atoms with Crippen molar-refractivity contribution in [2.45, 2.75) is 40.2 Å². The SMILES string of the molecule is CCc1cccc(C)c1N/C=C(/C#N)C(=O)NC(C)C. The average molecular weight is 271 g/mol. The molecular formula is C16H21N3O. The van der Waals surface area contributed by atoms with Crippen LogP contribution in [-0.2, 0) is 11.2 Å². The van der Waals surface area contributed by atoms with Gasteiger partial charge in [-0.05, 0) is 38.3 Å². The Morgan fingerprint density at radius 2 is 2.15 bits per heavy atom. The van der Waals surface area contributed by atoms with Gasteiger partial charge in [0.2, 0.25) is 0 Å². The number of rotatable bonds is 5. The van der Waals surface area contributed by atoms with Crippen LogP contribution in [0.3, 0.4) is 0 Å². The summed E-state index contributed by atoms with van der Waals surface area (Å²) in [5, 5.41) is 14.9. The molecule has 0 radical (unpaired) electrons. The maximum atomic E-state index is 11.8. The minimum atomic E-state index is -0.360. The Balaban J connectivity index is 2.95. The fourth-order valence-corrected chi connectivity index (χ4v) is 1.86. The molecule has 106 valence electrons. The Kier molecular flexibility index (Phi) is 5.79. The molecule has 0 aromatic heterocycles. The third-order valence-electron chi connectivity index (χ3n) is 2.89. The molecule has 1 aromatic carbocycles. The van der Waals surface area contributed by atoms with E-state index in [4.69, 9.17) is 5.26 Å². The van der Waals surface area contributed by atoms with E-state index in [1.165, 1.54) is 6.20 Å². The van der Waals surface area contributed by atoms with E-state index in [0.717, 1.165) is 23.2 Å². The first-order chi connectivity index (χ1) is 9.49. The van der Waals surface area contributed by atoms with Gasteiger partial charge in [0.15, 0.2) is 0 Å². The Morgan fingerprint density at radius 1 is 1.45 bits per heavy atom. The molecule has 1 aromatic rings. The fraction of sp³-hybridized carbons (Fsp3) is 0.375. The third kappa shape index (κ3) is 4.13. The highest BCUT2D eigenvalue weighted by atomic mass is 16.1. The number of para-hydroxylation sites is 1. The molecular weight excluding hydrogens is 250 g/mol. The first-order valence-electron chi connectivity index (χ1n) is 6.75. The van der Waals surface area contributed by atoms with Gasteiger partial charge in [-0.15, -0.1) is 0 Å². The predicted molar refractivity (Wildman–Crippen MR) is 81.2 cm³/mol. The summed E-state index contributed by atoms with van der Waals surface area (Å²) >= 11 is 0. The zero-order chi connectivity index (χ0) is 15.1. The van der Waals surface area contributed by atoms with E-state index in [-0.39, 0.29) is 17.5 Å². The number of amides is 1. The molecule has 0 aliphatic rings. The van der Waals surface area contributed by atoms with Crippen molar-refractivity contribution in [3.63, 3.8) is 0 Å². The summed E-state index contributed by atoms with van der Waals surface area (Å²) in [5.41, 5.74) is 3.27. The van der Waals surface area contributed by atoms with Crippen LogP contribution in [0.4, 0.5) is 5.69 Å². The number of hydrogen-bond donors (Lipinski definition) is 2. The van der Waals surface area contributed by atoms with Gasteiger partial charge in [0.1, 0.15) is 11.6 Å². The Labute approximate surface area is 120 Å². The number of carbonyl (C=O) groups is 1.